The van der Waals surface area contributed by atoms with Crippen LogP contribution in [0.1, 0.15) is 31.5 Å². The second kappa shape index (κ2) is 4.69. The number of aromatic nitrogens is 2. The maximum absolute atomic E-state index is 12.4. The fraction of sp³-hybridized carbons (Fsp3) is 0.438. The Balaban J connectivity index is 1.81. The fourth-order valence-electron chi connectivity index (χ4n) is 3.41. The number of aliphatic imine (C=N–C) groups is 1. The van der Waals surface area contributed by atoms with E-state index in [1.807, 2.05) is 35.9 Å². The van der Waals surface area contributed by atoms with Crippen LogP contribution in [0, 0.1) is 0 Å². The van der Waals surface area contributed by atoms with E-state index in [4.69, 9.17) is 4.99 Å². The summed E-state index contributed by atoms with van der Waals surface area (Å²) in [7, 11) is 1.94. The summed E-state index contributed by atoms with van der Waals surface area (Å²) in [6.45, 7) is 0. The van der Waals surface area contributed by atoms with E-state index in [0.29, 0.717) is 11.5 Å². The normalized spacial score (nSPS) is 25.4. The Bertz CT molecular complexity index is 746. The smallest absolute Gasteiger partial charge is 0.273 e. The second-order valence-electron chi connectivity index (χ2n) is 5.89. The van der Waals surface area contributed by atoms with Gasteiger partial charge in [0.2, 0.25) is 0 Å². The lowest BCUT2D eigenvalue weighted by Gasteiger charge is -2.33. The quantitative estimate of drug-likeness (QED) is 0.867. The minimum atomic E-state index is -0.0865. The summed E-state index contributed by atoms with van der Waals surface area (Å²) in [6.07, 6.45) is 4.46. The minimum absolute atomic E-state index is 0.0865. The first-order chi connectivity index (χ1) is 10.2. The number of benzene rings is 1. The second-order valence-corrected chi connectivity index (χ2v) is 5.89. The lowest BCUT2D eigenvalue weighted by Crippen LogP contribution is -2.52. The third-order valence-electron chi connectivity index (χ3n) is 4.55. The zero-order valence-electron chi connectivity index (χ0n) is 12.0. The molecule has 2 aliphatic rings. The number of amides is 1. The van der Waals surface area contributed by atoms with Crippen molar-refractivity contribution in [3.63, 3.8) is 0 Å². The van der Waals surface area contributed by atoms with E-state index in [0.717, 1.165) is 23.9 Å². The van der Waals surface area contributed by atoms with Gasteiger partial charge in [-0.25, -0.2) is 4.98 Å². The van der Waals surface area contributed by atoms with Crippen molar-refractivity contribution < 1.29 is 4.79 Å². The largest absolute Gasteiger partial charge is 0.346 e. The molecule has 1 aromatic heterocycles. The highest BCUT2D eigenvalue weighted by atomic mass is 16.2. The fourth-order valence-corrected chi connectivity index (χ4v) is 3.41. The molecule has 2 atom stereocenters. The predicted molar refractivity (Wildman–Crippen MR) is 81.4 cm³/mol. The van der Waals surface area contributed by atoms with Crippen LogP contribution in [0.25, 0.3) is 11.0 Å². The molecule has 1 fully saturated rings. The van der Waals surface area contributed by atoms with Crippen molar-refractivity contribution in [3.05, 3.63) is 30.1 Å². The highest BCUT2D eigenvalue weighted by molar-refractivity contribution is 6.45. The third kappa shape index (κ3) is 1.95. The summed E-state index contributed by atoms with van der Waals surface area (Å²) in [5.41, 5.74) is 2.40. The summed E-state index contributed by atoms with van der Waals surface area (Å²) < 4.78 is 1.96. The molecule has 0 radical (unpaired) electrons. The van der Waals surface area contributed by atoms with Crippen molar-refractivity contribution in [2.24, 2.45) is 12.0 Å². The van der Waals surface area contributed by atoms with Gasteiger partial charge in [-0.05, 0) is 25.0 Å². The molecule has 1 saturated carbocycles. The molecule has 2 heterocycles. The Morgan fingerprint density at radius 3 is 2.90 bits per heavy atom. The minimum Gasteiger partial charge on any atom is -0.346 e. The van der Waals surface area contributed by atoms with Crippen molar-refractivity contribution in [2.45, 2.75) is 37.8 Å². The van der Waals surface area contributed by atoms with Gasteiger partial charge in [0.05, 0.1) is 23.1 Å². The van der Waals surface area contributed by atoms with Gasteiger partial charge in [0, 0.05) is 7.05 Å². The Labute approximate surface area is 123 Å². The van der Waals surface area contributed by atoms with Crippen LogP contribution in [0.5, 0.6) is 0 Å². The van der Waals surface area contributed by atoms with E-state index in [-0.39, 0.29) is 18.0 Å². The van der Waals surface area contributed by atoms with Gasteiger partial charge in [-0.2, -0.15) is 0 Å². The summed E-state index contributed by atoms with van der Waals surface area (Å²) in [6, 6.07) is 8.34. The Morgan fingerprint density at radius 2 is 2.05 bits per heavy atom. The summed E-state index contributed by atoms with van der Waals surface area (Å²) >= 11 is 0. The predicted octanol–water partition coefficient (Wildman–Crippen LogP) is 1.80. The van der Waals surface area contributed by atoms with Gasteiger partial charge < -0.3 is 9.88 Å². The van der Waals surface area contributed by atoms with E-state index in [1.54, 1.807) is 0 Å². The number of aryl methyl sites for hydroxylation is 1. The van der Waals surface area contributed by atoms with Crippen LogP contribution in [-0.2, 0) is 11.8 Å². The molecular formula is C16H18N4O. The van der Waals surface area contributed by atoms with Gasteiger partial charge in [-0.1, -0.05) is 25.0 Å². The molecular weight excluding hydrogens is 264 g/mol. The van der Waals surface area contributed by atoms with E-state index in [2.05, 4.69) is 10.3 Å². The molecule has 0 spiro atoms. The Kier molecular flexibility index (Phi) is 2.80. The number of nitrogens with one attached hydrogen (secondary N) is 1. The molecule has 21 heavy (non-hydrogen) atoms. The molecule has 5 nitrogen and oxygen atoms in total. The number of rotatable bonds is 1. The SMILES string of the molecule is Cn1c(C2=N[C@H]3CCCC[C@@H]3NC2=O)nc2ccccc21. The number of hydrogen-bond donors (Lipinski definition) is 1. The van der Waals surface area contributed by atoms with Crippen molar-refractivity contribution in [1.82, 2.24) is 14.9 Å². The summed E-state index contributed by atoms with van der Waals surface area (Å²) in [4.78, 5) is 21.7. The summed E-state index contributed by atoms with van der Waals surface area (Å²) in [5.74, 6) is 0.578. The van der Waals surface area contributed by atoms with Crippen LogP contribution in [0.2, 0.25) is 0 Å². The Morgan fingerprint density at radius 1 is 1.24 bits per heavy atom. The monoisotopic (exact) mass is 282 g/mol. The van der Waals surface area contributed by atoms with Crippen LogP contribution >= 0.6 is 0 Å². The standard InChI is InChI=1S/C16H18N4O/c1-20-13-9-5-4-8-12(13)18-15(20)14-16(21)19-11-7-3-2-6-10(11)17-14/h4-5,8-11H,2-3,6-7H2,1H3,(H,19,21)/t10-,11-/m0/s1. The summed E-state index contributed by atoms with van der Waals surface area (Å²) in [5, 5.41) is 3.12. The maximum atomic E-state index is 12.4. The topological polar surface area (TPSA) is 59.3 Å². The van der Waals surface area contributed by atoms with Crippen molar-refractivity contribution in [3.8, 4) is 0 Å². The van der Waals surface area contributed by atoms with Gasteiger partial charge in [0.25, 0.3) is 5.91 Å². The van der Waals surface area contributed by atoms with Crippen molar-refractivity contribution in [1.29, 1.82) is 0 Å². The van der Waals surface area contributed by atoms with Crippen LogP contribution in [0.3, 0.4) is 0 Å². The molecule has 4 rings (SSSR count). The average Bonchev–Trinajstić information content (AvgIpc) is 2.84. The van der Waals surface area contributed by atoms with Crippen LogP contribution in [-0.4, -0.2) is 33.3 Å². The lowest BCUT2D eigenvalue weighted by atomic mass is 9.89. The number of imidazole rings is 1. The highest BCUT2D eigenvalue weighted by Gasteiger charge is 2.34. The first-order valence-corrected chi connectivity index (χ1v) is 7.54. The molecule has 0 unspecified atom stereocenters. The van der Waals surface area contributed by atoms with Gasteiger partial charge >= 0.3 is 0 Å². The van der Waals surface area contributed by atoms with E-state index >= 15 is 0 Å². The number of fused-ring (bicyclic) bond motifs is 2. The third-order valence-corrected chi connectivity index (χ3v) is 4.55. The molecule has 5 heteroatoms. The highest BCUT2D eigenvalue weighted by Crippen LogP contribution is 2.25. The van der Waals surface area contributed by atoms with Crippen LogP contribution < -0.4 is 5.32 Å². The van der Waals surface area contributed by atoms with E-state index < -0.39 is 0 Å². The molecule has 0 saturated heterocycles. The number of carbonyl (C=O) groups excluding carboxylic acids is 1. The molecule has 1 aliphatic carbocycles. The number of para-hydroxylation sites is 2. The zero-order chi connectivity index (χ0) is 14.4. The number of nitrogens with zero attached hydrogens (tertiary/aromatic N) is 3. The van der Waals surface area contributed by atoms with Crippen LogP contribution in [0.15, 0.2) is 29.3 Å². The molecule has 2 aromatic rings. The molecule has 1 amide bonds. The van der Waals surface area contributed by atoms with Crippen molar-refractivity contribution in [2.75, 3.05) is 0 Å². The van der Waals surface area contributed by atoms with Crippen LogP contribution in [0.4, 0.5) is 0 Å². The zero-order valence-corrected chi connectivity index (χ0v) is 12.0. The van der Waals surface area contributed by atoms with Crippen molar-refractivity contribution >= 4 is 22.7 Å². The van der Waals surface area contributed by atoms with Gasteiger partial charge in [-0.15, -0.1) is 0 Å². The van der Waals surface area contributed by atoms with Gasteiger partial charge in [-0.3, -0.25) is 9.79 Å². The van der Waals surface area contributed by atoms with Gasteiger partial charge in [0.1, 0.15) is 0 Å². The molecule has 1 aromatic carbocycles. The molecule has 108 valence electrons. The molecule has 1 N–H and O–H groups in total. The van der Waals surface area contributed by atoms with E-state index in [1.165, 1.54) is 12.8 Å². The van der Waals surface area contributed by atoms with E-state index in [9.17, 15) is 4.79 Å². The maximum Gasteiger partial charge on any atom is 0.273 e. The number of hydrogen-bond acceptors (Lipinski definition) is 3. The molecule has 1 aliphatic heterocycles. The first kappa shape index (κ1) is 12.6. The lowest BCUT2D eigenvalue weighted by molar-refractivity contribution is -0.116. The average molecular weight is 282 g/mol. The first-order valence-electron chi connectivity index (χ1n) is 7.54. The number of carbonyl (C=O) groups is 1. The Hall–Kier alpha value is -2.17. The molecule has 0 bridgehead atoms. The van der Waals surface area contributed by atoms with Gasteiger partial charge in [0.15, 0.2) is 11.5 Å².